The lowest BCUT2D eigenvalue weighted by Gasteiger charge is -2.27. The minimum atomic E-state index is 0.150. The van der Waals surface area contributed by atoms with E-state index in [-0.39, 0.29) is 11.8 Å². The number of carbonyl (C=O) groups is 1. The Kier molecular flexibility index (Phi) is 6.69. The number of nitrogens with one attached hydrogen (secondary N) is 1. The van der Waals surface area contributed by atoms with Crippen LogP contribution in [0.5, 0.6) is 0 Å². The predicted molar refractivity (Wildman–Crippen MR) is 115 cm³/mol. The topological polar surface area (TPSA) is 42.0 Å². The molecule has 146 valence electrons. The van der Waals surface area contributed by atoms with Crippen molar-refractivity contribution < 1.29 is 4.79 Å². The molecule has 3 nitrogen and oxygen atoms in total. The van der Waals surface area contributed by atoms with Gasteiger partial charge in [-0.3, -0.25) is 4.79 Å². The van der Waals surface area contributed by atoms with Crippen LogP contribution in [0.1, 0.15) is 67.9 Å². The van der Waals surface area contributed by atoms with Gasteiger partial charge < -0.3 is 5.32 Å². The van der Waals surface area contributed by atoms with Crippen molar-refractivity contribution in [1.29, 1.82) is 0 Å². The average molecular weight is 385 g/mol. The number of amides is 1. The number of hydrogen-bond donors (Lipinski definition) is 1. The zero-order chi connectivity index (χ0) is 19.4. The maximum Gasteiger partial charge on any atom is 0.229 e. The number of nitrogens with zero attached hydrogens (tertiary/aromatic N) is 1. The summed E-state index contributed by atoms with van der Waals surface area (Å²) >= 11 is 1.58. The molecule has 27 heavy (non-hydrogen) atoms. The van der Waals surface area contributed by atoms with Gasteiger partial charge in [0.1, 0.15) is 0 Å². The van der Waals surface area contributed by atoms with E-state index >= 15 is 0 Å². The summed E-state index contributed by atoms with van der Waals surface area (Å²) in [5.41, 5.74) is 4.67. The zero-order valence-corrected chi connectivity index (χ0v) is 17.9. The second-order valence-corrected chi connectivity index (χ2v) is 9.28. The predicted octanol–water partition coefficient (Wildman–Crippen LogP) is 6.67. The van der Waals surface area contributed by atoms with Crippen molar-refractivity contribution >= 4 is 22.4 Å². The third-order valence-electron chi connectivity index (χ3n) is 5.99. The molecule has 1 heterocycles. The third-order valence-corrected chi connectivity index (χ3v) is 6.88. The number of aryl methyl sites for hydroxylation is 3. The molecule has 0 radical (unpaired) electrons. The molecule has 1 N–H and O–H groups in total. The highest BCUT2D eigenvalue weighted by Crippen LogP contribution is 2.34. The van der Waals surface area contributed by atoms with Gasteiger partial charge in [0, 0.05) is 16.4 Å². The first-order valence-corrected chi connectivity index (χ1v) is 11.2. The summed E-state index contributed by atoms with van der Waals surface area (Å²) < 4.78 is 0. The fraction of sp³-hybridized carbons (Fsp3) is 0.565. The third kappa shape index (κ3) is 4.98. The Morgan fingerprint density at radius 3 is 2.56 bits per heavy atom. The normalized spacial score (nSPS) is 19.9. The molecule has 0 aliphatic heterocycles. The van der Waals surface area contributed by atoms with Crippen LogP contribution in [0.25, 0.3) is 11.3 Å². The van der Waals surface area contributed by atoms with Crippen molar-refractivity contribution in [3.63, 3.8) is 0 Å². The molecule has 1 aromatic carbocycles. The van der Waals surface area contributed by atoms with Crippen molar-refractivity contribution in [3.05, 3.63) is 34.2 Å². The lowest BCUT2D eigenvalue weighted by atomic mass is 9.79. The Morgan fingerprint density at radius 2 is 1.89 bits per heavy atom. The largest absolute Gasteiger partial charge is 0.302 e. The molecule has 1 amide bonds. The van der Waals surface area contributed by atoms with Gasteiger partial charge in [0.15, 0.2) is 5.13 Å². The second kappa shape index (κ2) is 9.01. The van der Waals surface area contributed by atoms with Crippen LogP contribution >= 0.6 is 11.3 Å². The molecule has 0 saturated heterocycles. The van der Waals surface area contributed by atoms with Crippen LogP contribution in [0.4, 0.5) is 5.13 Å². The average Bonchev–Trinajstić information content (AvgIpc) is 3.02. The lowest BCUT2D eigenvalue weighted by Crippen LogP contribution is -2.27. The van der Waals surface area contributed by atoms with Crippen LogP contribution in [0.15, 0.2) is 18.2 Å². The number of anilines is 1. The molecule has 0 bridgehead atoms. The first-order chi connectivity index (χ1) is 13.0. The van der Waals surface area contributed by atoms with E-state index in [0.717, 1.165) is 40.0 Å². The van der Waals surface area contributed by atoms with Crippen molar-refractivity contribution in [1.82, 2.24) is 4.98 Å². The maximum atomic E-state index is 12.7. The molecular weight excluding hydrogens is 352 g/mol. The molecule has 1 aliphatic rings. The molecule has 0 spiro atoms. The lowest BCUT2D eigenvalue weighted by molar-refractivity contribution is -0.121. The van der Waals surface area contributed by atoms with Crippen LogP contribution in [0.2, 0.25) is 0 Å². The molecule has 1 aliphatic carbocycles. The Bertz CT molecular complexity index is 788. The summed E-state index contributed by atoms with van der Waals surface area (Å²) in [4.78, 5) is 18.6. The number of carbonyl (C=O) groups excluding carboxylic acids is 1. The number of rotatable bonds is 6. The first-order valence-electron chi connectivity index (χ1n) is 10.3. The number of aromatic nitrogens is 1. The van der Waals surface area contributed by atoms with E-state index in [9.17, 15) is 4.79 Å². The fourth-order valence-electron chi connectivity index (χ4n) is 4.02. The number of unbranched alkanes of at least 4 members (excludes halogenated alkanes) is 1. The van der Waals surface area contributed by atoms with Gasteiger partial charge >= 0.3 is 0 Å². The molecule has 0 unspecified atom stereocenters. The monoisotopic (exact) mass is 384 g/mol. The standard InChI is InChI=1S/C23H32N2OS/c1-5-6-7-18-9-12-19(13-10-18)22(26)25-23-24-21(17(4)27-23)20-11-8-15(2)16(3)14-20/h8,11,14,18-19H,5-7,9-10,12-13H2,1-4H3,(H,24,25,26). The van der Waals surface area contributed by atoms with Gasteiger partial charge in [0.25, 0.3) is 0 Å². The van der Waals surface area contributed by atoms with E-state index in [0.29, 0.717) is 0 Å². The van der Waals surface area contributed by atoms with Crippen molar-refractivity contribution in [2.75, 3.05) is 5.32 Å². The van der Waals surface area contributed by atoms with Gasteiger partial charge in [-0.1, -0.05) is 38.3 Å². The Hall–Kier alpha value is -1.68. The highest BCUT2D eigenvalue weighted by atomic mass is 32.1. The first kappa shape index (κ1) is 20.1. The minimum absolute atomic E-state index is 0.150. The summed E-state index contributed by atoms with van der Waals surface area (Å²) in [5, 5.41) is 3.83. The van der Waals surface area contributed by atoms with Gasteiger partial charge in [0.2, 0.25) is 5.91 Å². The minimum Gasteiger partial charge on any atom is -0.302 e. The quantitative estimate of drug-likeness (QED) is 0.604. The maximum absolute atomic E-state index is 12.7. The summed E-state index contributed by atoms with van der Waals surface area (Å²) in [6.45, 7) is 8.58. The molecule has 3 rings (SSSR count). The zero-order valence-electron chi connectivity index (χ0n) is 17.1. The van der Waals surface area contributed by atoms with Gasteiger partial charge in [-0.25, -0.2) is 4.98 Å². The Balaban J connectivity index is 1.61. The molecule has 4 heteroatoms. The summed E-state index contributed by atoms with van der Waals surface area (Å²) in [5.74, 6) is 1.13. The van der Waals surface area contributed by atoms with E-state index in [1.165, 1.54) is 43.2 Å². The highest BCUT2D eigenvalue weighted by Gasteiger charge is 2.26. The highest BCUT2D eigenvalue weighted by molar-refractivity contribution is 7.16. The fourth-order valence-corrected chi connectivity index (χ4v) is 4.86. The molecule has 2 aromatic rings. The van der Waals surface area contributed by atoms with E-state index in [2.05, 4.69) is 51.2 Å². The smallest absolute Gasteiger partial charge is 0.229 e. The van der Waals surface area contributed by atoms with Crippen molar-refractivity contribution in [3.8, 4) is 11.3 Å². The van der Waals surface area contributed by atoms with Crippen molar-refractivity contribution in [2.45, 2.75) is 72.6 Å². The molecule has 1 saturated carbocycles. The number of thiazole rings is 1. The number of benzene rings is 1. The van der Waals surface area contributed by atoms with Gasteiger partial charge in [0.05, 0.1) is 5.69 Å². The van der Waals surface area contributed by atoms with E-state index in [4.69, 9.17) is 4.98 Å². The van der Waals surface area contributed by atoms with Crippen LogP contribution in [0, 0.1) is 32.6 Å². The van der Waals surface area contributed by atoms with Gasteiger partial charge in [-0.15, -0.1) is 11.3 Å². The van der Waals surface area contributed by atoms with Crippen LogP contribution in [-0.2, 0) is 4.79 Å². The summed E-state index contributed by atoms with van der Waals surface area (Å²) in [6, 6.07) is 6.44. The summed E-state index contributed by atoms with van der Waals surface area (Å²) in [6.07, 6.45) is 8.36. The van der Waals surface area contributed by atoms with Crippen LogP contribution in [0.3, 0.4) is 0 Å². The van der Waals surface area contributed by atoms with Gasteiger partial charge in [-0.05, 0) is 69.6 Å². The molecule has 0 atom stereocenters. The Labute approximate surface area is 167 Å². The SMILES string of the molecule is CCCCC1CCC(C(=O)Nc2nc(-c3ccc(C)c(C)c3)c(C)s2)CC1. The summed E-state index contributed by atoms with van der Waals surface area (Å²) in [7, 11) is 0. The Morgan fingerprint density at radius 1 is 1.15 bits per heavy atom. The van der Waals surface area contributed by atoms with E-state index in [1.54, 1.807) is 11.3 Å². The number of hydrogen-bond acceptors (Lipinski definition) is 3. The molecule has 1 aromatic heterocycles. The van der Waals surface area contributed by atoms with Crippen molar-refractivity contribution in [2.24, 2.45) is 11.8 Å². The van der Waals surface area contributed by atoms with Crippen LogP contribution in [-0.4, -0.2) is 10.9 Å². The van der Waals surface area contributed by atoms with E-state index < -0.39 is 0 Å². The van der Waals surface area contributed by atoms with Crippen LogP contribution < -0.4 is 5.32 Å². The van der Waals surface area contributed by atoms with E-state index in [1.807, 2.05) is 0 Å². The molecular formula is C23H32N2OS. The molecule has 1 fully saturated rings. The van der Waals surface area contributed by atoms with Gasteiger partial charge in [-0.2, -0.15) is 0 Å². The second-order valence-electron chi connectivity index (χ2n) is 8.07.